The first-order valence-electron chi connectivity index (χ1n) is 9.45. The highest BCUT2D eigenvalue weighted by atomic mass is 35.5. The third-order valence-electron chi connectivity index (χ3n) is 4.81. The van der Waals surface area contributed by atoms with Gasteiger partial charge in [-0.1, -0.05) is 29.3 Å². The number of aromatic amines is 1. The Hall–Kier alpha value is -3.13. The van der Waals surface area contributed by atoms with Gasteiger partial charge in [-0.3, -0.25) is 10.4 Å². The fourth-order valence-corrected chi connectivity index (χ4v) is 3.63. The number of nitrogen functional groups attached to an aromatic ring is 1. The number of hydrogen-bond donors (Lipinski definition) is 4. The van der Waals surface area contributed by atoms with E-state index in [-0.39, 0.29) is 18.9 Å². The van der Waals surface area contributed by atoms with Crippen molar-refractivity contribution in [2.75, 3.05) is 12.3 Å². The zero-order valence-corrected chi connectivity index (χ0v) is 17.8. The number of imidazole rings is 1. The van der Waals surface area contributed by atoms with Crippen LogP contribution in [-0.4, -0.2) is 32.4 Å². The summed E-state index contributed by atoms with van der Waals surface area (Å²) in [5, 5.41) is 18.6. The number of nitrogens with two attached hydrogens (primary N) is 1. The molecule has 0 aliphatic carbocycles. The second kappa shape index (κ2) is 8.93. The van der Waals surface area contributed by atoms with Crippen LogP contribution in [0.15, 0.2) is 48.8 Å². The summed E-state index contributed by atoms with van der Waals surface area (Å²) >= 11 is 12.3. The highest BCUT2D eigenvalue weighted by molar-refractivity contribution is 6.35. The number of benzene rings is 2. The first kappa shape index (κ1) is 21.1. The van der Waals surface area contributed by atoms with Gasteiger partial charge in [0.15, 0.2) is 5.82 Å². The van der Waals surface area contributed by atoms with E-state index in [2.05, 4.69) is 15.0 Å². The molecule has 0 radical (unpaired) electrons. The summed E-state index contributed by atoms with van der Waals surface area (Å²) in [5.74, 6) is 0.902. The van der Waals surface area contributed by atoms with Gasteiger partial charge >= 0.3 is 0 Å². The Labute approximate surface area is 188 Å². The lowest BCUT2D eigenvalue weighted by atomic mass is 10.1. The van der Waals surface area contributed by atoms with Crippen molar-refractivity contribution < 1.29 is 9.84 Å². The molecule has 4 aromatic rings. The van der Waals surface area contributed by atoms with Crippen molar-refractivity contribution in [3.63, 3.8) is 0 Å². The van der Waals surface area contributed by atoms with E-state index in [0.717, 1.165) is 16.6 Å². The SMILES string of the molecule is N=C(c1nc2ccc(CCO)cc2[nH]1)c1cc(OCc2c(Cl)cncc2Cl)ccc1N. The van der Waals surface area contributed by atoms with Crippen molar-refractivity contribution in [2.24, 2.45) is 0 Å². The monoisotopic (exact) mass is 455 g/mol. The molecular weight excluding hydrogens is 437 g/mol. The largest absolute Gasteiger partial charge is 0.489 e. The molecule has 2 aromatic carbocycles. The Kier molecular flexibility index (Phi) is 6.08. The van der Waals surface area contributed by atoms with Crippen molar-refractivity contribution in [2.45, 2.75) is 13.0 Å². The van der Waals surface area contributed by atoms with Crippen molar-refractivity contribution >= 4 is 45.6 Å². The minimum atomic E-state index is 0.0710. The van der Waals surface area contributed by atoms with Crippen LogP contribution in [0.3, 0.4) is 0 Å². The molecule has 0 amide bonds. The Balaban J connectivity index is 1.59. The number of ether oxygens (including phenoxy) is 1. The van der Waals surface area contributed by atoms with Gasteiger partial charge in [0.1, 0.15) is 18.1 Å². The standard InChI is InChI=1S/C22H19Cl2N5O2/c23-16-9-27-10-17(24)15(16)11-31-13-2-3-18(25)14(8-13)21(26)22-28-19-4-1-12(5-6-30)7-20(19)29-22/h1-4,7-10,26,30H,5-6,11,25H2,(H,28,29). The molecule has 0 aliphatic rings. The molecule has 9 heteroatoms. The maximum atomic E-state index is 9.13. The zero-order chi connectivity index (χ0) is 22.0. The van der Waals surface area contributed by atoms with Gasteiger partial charge in [-0.15, -0.1) is 0 Å². The van der Waals surface area contributed by atoms with Gasteiger partial charge in [0.2, 0.25) is 0 Å². The number of rotatable bonds is 7. The van der Waals surface area contributed by atoms with E-state index >= 15 is 0 Å². The van der Waals surface area contributed by atoms with Crippen LogP contribution in [0.5, 0.6) is 5.75 Å². The Morgan fingerprint density at radius 3 is 2.65 bits per heavy atom. The minimum Gasteiger partial charge on any atom is -0.489 e. The molecule has 0 unspecified atom stereocenters. The van der Waals surface area contributed by atoms with E-state index in [4.69, 9.17) is 44.2 Å². The van der Waals surface area contributed by atoms with Crippen LogP contribution in [0.1, 0.15) is 22.5 Å². The Morgan fingerprint density at radius 2 is 1.90 bits per heavy atom. The van der Waals surface area contributed by atoms with Crippen molar-refractivity contribution in [3.05, 3.63) is 81.4 Å². The molecule has 0 aliphatic heterocycles. The molecular formula is C22H19Cl2N5O2. The summed E-state index contributed by atoms with van der Waals surface area (Å²) in [5.41, 5.74) is 10.3. The second-order valence-corrected chi connectivity index (χ2v) is 7.72. The number of aromatic nitrogens is 3. The fourth-order valence-electron chi connectivity index (χ4n) is 3.16. The normalized spacial score (nSPS) is 11.1. The van der Waals surface area contributed by atoms with Crippen molar-refractivity contribution in [1.29, 1.82) is 5.41 Å². The molecule has 0 bridgehead atoms. The molecule has 0 fully saturated rings. The van der Waals surface area contributed by atoms with E-state index < -0.39 is 0 Å². The lowest BCUT2D eigenvalue weighted by molar-refractivity contribution is 0.299. The van der Waals surface area contributed by atoms with Crippen LogP contribution in [0.4, 0.5) is 5.69 Å². The van der Waals surface area contributed by atoms with Crippen molar-refractivity contribution in [3.8, 4) is 5.75 Å². The molecule has 2 aromatic heterocycles. The smallest absolute Gasteiger partial charge is 0.157 e. The van der Waals surface area contributed by atoms with Crippen molar-refractivity contribution in [1.82, 2.24) is 15.0 Å². The quantitative estimate of drug-likeness (QED) is 0.243. The number of H-pyrrole nitrogens is 1. The number of hydrogen-bond acceptors (Lipinski definition) is 6. The van der Waals surface area contributed by atoms with E-state index in [1.165, 1.54) is 12.4 Å². The molecule has 4 rings (SSSR count). The van der Waals surface area contributed by atoms with Gasteiger partial charge in [0, 0.05) is 35.8 Å². The molecule has 2 heterocycles. The summed E-state index contributed by atoms with van der Waals surface area (Å²) in [6.07, 6.45) is 3.56. The Morgan fingerprint density at radius 1 is 1.13 bits per heavy atom. The van der Waals surface area contributed by atoms with E-state index in [1.54, 1.807) is 18.2 Å². The predicted molar refractivity (Wildman–Crippen MR) is 122 cm³/mol. The molecule has 7 nitrogen and oxygen atoms in total. The van der Waals surface area contributed by atoms with Gasteiger partial charge < -0.3 is 20.6 Å². The first-order valence-corrected chi connectivity index (χ1v) is 10.2. The van der Waals surface area contributed by atoms with Crippen LogP contribution < -0.4 is 10.5 Å². The van der Waals surface area contributed by atoms with Crippen LogP contribution >= 0.6 is 23.2 Å². The van der Waals surface area contributed by atoms with Gasteiger partial charge in [-0.25, -0.2) is 4.98 Å². The fraction of sp³-hybridized carbons (Fsp3) is 0.136. The lowest BCUT2D eigenvalue weighted by Gasteiger charge is -2.12. The maximum Gasteiger partial charge on any atom is 0.157 e. The number of halogens is 2. The minimum absolute atomic E-state index is 0.0710. The summed E-state index contributed by atoms with van der Waals surface area (Å²) in [6, 6.07) is 10.8. The molecule has 5 N–H and O–H groups in total. The number of anilines is 1. The number of nitrogens with zero attached hydrogens (tertiary/aromatic N) is 2. The van der Waals surface area contributed by atoms with Gasteiger partial charge in [0.25, 0.3) is 0 Å². The highest BCUT2D eigenvalue weighted by Crippen LogP contribution is 2.27. The topological polar surface area (TPSA) is 121 Å². The summed E-state index contributed by atoms with van der Waals surface area (Å²) < 4.78 is 5.83. The van der Waals surface area contributed by atoms with E-state index in [9.17, 15) is 0 Å². The second-order valence-electron chi connectivity index (χ2n) is 6.90. The number of fused-ring (bicyclic) bond motifs is 1. The van der Waals surface area contributed by atoms with Crippen LogP contribution in [-0.2, 0) is 13.0 Å². The number of pyridine rings is 1. The van der Waals surface area contributed by atoms with Crippen LogP contribution in [0.2, 0.25) is 10.0 Å². The summed E-state index contributed by atoms with van der Waals surface area (Å²) in [4.78, 5) is 11.6. The van der Waals surface area contributed by atoms with E-state index in [0.29, 0.717) is 44.9 Å². The summed E-state index contributed by atoms with van der Waals surface area (Å²) in [7, 11) is 0. The van der Waals surface area contributed by atoms with Crippen LogP contribution in [0, 0.1) is 5.41 Å². The number of aliphatic hydroxyl groups is 1. The first-order chi connectivity index (χ1) is 15.0. The average Bonchev–Trinajstić information content (AvgIpc) is 3.18. The molecule has 0 spiro atoms. The highest BCUT2D eigenvalue weighted by Gasteiger charge is 2.15. The average molecular weight is 456 g/mol. The Bertz CT molecular complexity index is 1250. The molecule has 0 saturated carbocycles. The van der Waals surface area contributed by atoms with Gasteiger partial charge in [0.05, 0.1) is 21.1 Å². The van der Waals surface area contributed by atoms with Gasteiger partial charge in [-0.05, 0) is 42.3 Å². The maximum absolute atomic E-state index is 9.13. The third-order valence-corrected chi connectivity index (χ3v) is 5.46. The molecule has 31 heavy (non-hydrogen) atoms. The third kappa shape index (κ3) is 4.49. The lowest BCUT2D eigenvalue weighted by Crippen LogP contribution is -2.08. The zero-order valence-electron chi connectivity index (χ0n) is 16.3. The summed E-state index contributed by atoms with van der Waals surface area (Å²) in [6.45, 7) is 0.219. The van der Waals surface area contributed by atoms with Crippen LogP contribution in [0.25, 0.3) is 11.0 Å². The van der Waals surface area contributed by atoms with E-state index in [1.807, 2.05) is 18.2 Å². The predicted octanol–water partition coefficient (Wildman–Crippen LogP) is 4.38. The molecule has 158 valence electrons. The number of aliphatic hydroxyl groups excluding tert-OH is 1. The molecule has 0 atom stereocenters. The molecule has 0 saturated heterocycles. The van der Waals surface area contributed by atoms with Gasteiger partial charge in [-0.2, -0.15) is 0 Å². The number of nitrogens with one attached hydrogen (secondary N) is 2.